The Bertz CT molecular complexity index is 1000. The van der Waals surface area contributed by atoms with Crippen LogP contribution in [0.4, 0.5) is 5.69 Å². The number of carbonyl (C=O) groups is 1. The first-order valence-electron chi connectivity index (χ1n) is 9.27. The number of halogens is 1. The van der Waals surface area contributed by atoms with E-state index in [0.29, 0.717) is 10.9 Å². The van der Waals surface area contributed by atoms with Crippen LogP contribution in [-0.2, 0) is 4.79 Å². The predicted molar refractivity (Wildman–Crippen MR) is 113 cm³/mol. The van der Waals surface area contributed by atoms with Crippen molar-refractivity contribution in [3.05, 3.63) is 64.9 Å². The number of aromatic nitrogens is 3. The molecule has 0 radical (unpaired) electrons. The average molecular weight is 413 g/mol. The minimum atomic E-state index is -0.336. The number of hydrogen-bond donors (Lipinski definition) is 1. The molecule has 1 aliphatic carbocycles. The summed E-state index contributed by atoms with van der Waals surface area (Å²) in [7, 11) is 0. The van der Waals surface area contributed by atoms with Crippen LogP contribution < -0.4 is 5.32 Å². The molecule has 28 heavy (non-hydrogen) atoms. The fourth-order valence-corrected chi connectivity index (χ4v) is 4.00. The quantitative estimate of drug-likeness (QED) is 0.563. The molecule has 1 fully saturated rings. The molecule has 2 aromatic carbocycles. The molecule has 0 unspecified atom stereocenters. The third kappa shape index (κ3) is 4.08. The molecule has 4 rings (SSSR count). The number of carbonyl (C=O) groups excluding carboxylic acids is 1. The zero-order chi connectivity index (χ0) is 19.7. The van der Waals surface area contributed by atoms with Crippen molar-refractivity contribution in [2.75, 3.05) is 5.32 Å². The molecule has 5 nitrogen and oxygen atoms in total. The van der Waals surface area contributed by atoms with Gasteiger partial charge in [-0.25, -0.2) is 0 Å². The second kappa shape index (κ2) is 7.97. The molecule has 0 bridgehead atoms. The van der Waals surface area contributed by atoms with Crippen LogP contribution >= 0.6 is 23.4 Å². The van der Waals surface area contributed by atoms with Gasteiger partial charge in [-0.05, 0) is 56.5 Å². The fourth-order valence-electron chi connectivity index (χ4n) is 2.96. The monoisotopic (exact) mass is 412 g/mol. The van der Waals surface area contributed by atoms with Crippen LogP contribution in [0, 0.1) is 6.92 Å². The Labute approximate surface area is 173 Å². The first-order valence-corrected chi connectivity index (χ1v) is 10.5. The standard InChI is InChI=1S/C21H21ClN4OS/c1-13-8-11-16(22)12-18(13)23-20(27)14(2)28-21-25-24-19(15-9-10-15)26(21)17-6-4-3-5-7-17/h3-8,11-12,14-15H,9-10H2,1-2H3,(H,23,27)/t14-/m1/s1. The largest absolute Gasteiger partial charge is 0.325 e. The number of thioether (sulfide) groups is 1. The summed E-state index contributed by atoms with van der Waals surface area (Å²) in [5, 5.41) is 12.8. The zero-order valence-corrected chi connectivity index (χ0v) is 17.3. The van der Waals surface area contributed by atoms with Gasteiger partial charge in [0, 0.05) is 22.3 Å². The van der Waals surface area contributed by atoms with E-state index >= 15 is 0 Å². The SMILES string of the molecule is Cc1ccc(Cl)cc1NC(=O)[C@@H](C)Sc1nnc(C2CC2)n1-c1ccccc1. The van der Waals surface area contributed by atoms with Crippen LogP contribution in [-0.4, -0.2) is 25.9 Å². The van der Waals surface area contributed by atoms with E-state index in [-0.39, 0.29) is 11.2 Å². The van der Waals surface area contributed by atoms with Crippen molar-refractivity contribution in [3.63, 3.8) is 0 Å². The van der Waals surface area contributed by atoms with Gasteiger partial charge in [0.25, 0.3) is 0 Å². The van der Waals surface area contributed by atoms with Crippen LogP contribution in [0.25, 0.3) is 5.69 Å². The Morgan fingerprint density at radius 3 is 2.68 bits per heavy atom. The molecule has 1 aromatic heterocycles. The Balaban J connectivity index is 1.55. The molecule has 0 saturated heterocycles. The molecular formula is C21H21ClN4OS. The van der Waals surface area contributed by atoms with Crippen molar-refractivity contribution in [1.29, 1.82) is 0 Å². The number of anilines is 1. The smallest absolute Gasteiger partial charge is 0.237 e. The Hall–Kier alpha value is -2.31. The van der Waals surface area contributed by atoms with Gasteiger partial charge in [-0.3, -0.25) is 9.36 Å². The number of nitrogens with zero attached hydrogens (tertiary/aromatic N) is 3. The zero-order valence-electron chi connectivity index (χ0n) is 15.7. The molecular weight excluding hydrogens is 392 g/mol. The summed E-state index contributed by atoms with van der Waals surface area (Å²) in [5.74, 6) is 1.35. The van der Waals surface area contributed by atoms with E-state index in [2.05, 4.69) is 20.1 Å². The van der Waals surface area contributed by atoms with Crippen molar-refractivity contribution in [2.45, 2.75) is 43.0 Å². The van der Waals surface area contributed by atoms with Gasteiger partial charge in [0.05, 0.1) is 5.25 Å². The highest BCUT2D eigenvalue weighted by atomic mass is 35.5. The van der Waals surface area contributed by atoms with Gasteiger partial charge in [-0.1, -0.05) is 47.6 Å². The highest BCUT2D eigenvalue weighted by molar-refractivity contribution is 8.00. The normalized spacial score (nSPS) is 14.7. The molecule has 144 valence electrons. The van der Waals surface area contributed by atoms with Gasteiger partial charge >= 0.3 is 0 Å². The van der Waals surface area contributed by atoms with Gasteiger partial charge < -0.3 is 5.32 Å². The second-order valence-electron chi connectivity index (χ2n) is 6.99. The Morgan fingerprint density at radius 2 is 1.96 bits per heavy atom. The summed E-state index contributed by atoms with van der Waals surface area (Å²) >= 11 is 7.47. The van der Waals surface area contributed by atoms with Gasteiger partial charge in [-0.15, -0.1) is 10.2 Å². The number of aryl methyl sites for hydroxylation is 1. The summed E-state index contributed by atoms with van der Waals surface area (Å²) in [6.45, 7) is 3.82. The van der Waals surface area contributed by atoms with Gasteiger partial charge in [0.15, 0.2) is 5.16 Å². The van der Waals surface area contributed by atoms with Crippen LogP contribution in [0.15, 0.2) is 53.7 Å². The van der Waals surface area contributed by atoms with E-state index in [9.17, 15) is 4.79 Å². The lowest BCUT2D eigenvalue weighted by Gasteiger charge is -2.15. The number of hydrogen-bond acceptors (Lipinski definition) is 4. The van der Waals surface area contributed by atoms with Crippen molar-refractivity contribution in [2.24, 2.45) is 0 Å². The summed E-state index contributed by atoms with van der Waals surface area (Å²) in [6.07, 6.45) is 2.28. The lowest BCUT2D eigenvalue weighted by atomic mass is 10.2. The first-order chi connectivity index (χ1) is 13.5. The van der Waals surface area contributed by atoms with Gasteiger partial charge in [-0.2, -0.15) is 0 Å². The van der Waals surface area contributed by atoms with Gasteiger partial charge in [0.1, 0.15) is 5.82 Å². The van der Waals surface area contributed by atoms with E-state index in [1.165, 1.54) is 11.8 Å². The molecule has 1 aliphatic rings. The maximum atomic E-state index is 12.7. The summed E-state index contributed by atoms with van der Waals surface area (Å²) in [5.41, 5.74) is 2.72. The third-order valence-electron chi connectivity index (χ3n) is 4.72. The molecule has 1 N–H and O–H groups in total. The number of benzene rings is 2. The van der Waals surface area contributed by atoms with E-state index < -0.39 is 0 Å². The maximum absolute atomic E-state index is 12.7. The van der Waals surface area contributed by atoms with Crippen molar-refractivity contribution < 1.29 is 4.79 Å². The number of para-hydroxylation sites is 1. The van der Waals surface area contributed by atoms with Crippen molar-refractivity contribution in [1.82, 2.24) is 14.8 Å². The Morgan fingerprint density at radius 1 is 1.21 bits per heavy atom. The average Bonchev–Trinajstić information content (AvgIpc) is 3.46. The summed E-state index contributed by atoms with van der Waals surface area (Å²) in [4.78, 5) is 12.7. The summed E-state index contributed by atoms with van der Waals surface area (Å²) < 4.78 is 2.08. The predicted octanol–water partition coefficient (Wildman–Crippen LogP) is 5.23. The number of amides is 1. The molecule has 1 atom stereocenters. The van der Waals surface area contributed by atoms with Crippen molar-refractivity contribution >= 4 is 35.0 Å². The number of rotatable bonds is 6. The molecule has 0 spiro atoms. The lowest BCUT2D eigenvalue weighted by molar-refractivity contribution is -0.115. The molecule has 0 aliphatic heterocycles. The number of nitrogens with one attached hydrogen (secondary N) is 1. The molecule has 7 heteroatoms. The van der Waals surface area contributed by atoms with E-state index in [0.717, 1.165) is 40.8 Å². The third-order valence-corrected chi connectivity index (χ3v) is 6.00. The van der Waals surface area contributed by atoms with E-state index in [1.54, 1.807) is 6.07 Å². The summed E-state index contributed by atoms with van der Waals surface area (Å²) in [6, 6.07) is 15.5. The second-order valence-corrected chi connectivity index (χ2v) is 8.74. The highest BCUT2D eigenvalue weighted by Crippen LogP contribution is 2.41. The van der Waals surface area contributed by atoms with E-state index in [4.69, 9.17) is 11.6 Å². The topological polar surface area (TPSA) is 59.8 Å². The van der Waals surface area contributed by atoms with Crippen molar-refractivity contribution in [3.8, 4) is 5.69 Å². The van der Waals surface area contributed by atoms with Crippen LogP contribution in [0.3, 0.4) is 0 Å². The molecule has 1 saturated carbocycles. The minimum Gasteiger partial charge on any atom is -0.325 e. The van der Waals surface area contributed by atoms with Crippen LogP contribution in [0.1, 0.15) is 37.1 Å². The first kappa shape index (κ1) is 19.0. The highest BCUT2D eigenvalue weighted by Gasteiger charge is 2.31. The Kier molecular flexibility index (Phi) is 5.42. The molecule has 1 heterocycles. The molecule has 1 amide bonds. The minimum absolute atomic E-state index is 0.0917. The lowest BCUT2D eigenvalue weighted by Crippen LogP contribution is -2.23. The maximum Gasteiger partial charge on any atom is 0.237 e. The molecule has 3 aromatic rings. The van der Waals surface area contributed by atoms with Crippen LogP contribution in [0.5, 0.6) is 0 Å². The fraction of sp³-hybridized carbons (Fsp3) is 0.286. The van der Waals surface area contributed by atoms with Gasteiger partial charge in [0.2, 0.25) is 5.91 Å². The van der Waals surface area contributed by atoms with Crippen LogP contribution in [0.2, 0.25) is 5.02 Å². The van der Waals surface area contributed by atoms with E-state index in [1.807, 2.05) is 56.3 Å².